The van der Waals surface area contributed by atoms with E-state index >= 15 is 0 Å². The summed E-state index contributed by atoms with van der Waals surface area (Å²) in [6.07, 6.45) is 1.80. The molecule has 0 fully saturated rings. The maximum absolute atomic E-state index is 12.6. The number of nitrogens with zero attached hydrogens (tertiary/aromatic N) is 2. The zero-order valence-electron chi connectivity index (χ0n) is 7.93. The van der Waals surface area contributed by atoms with Crippen LogP contribution in [0, 0.1) is 5.82 Å². The van der Waals surface area contributed by atoms with Gasteiger partial charge >= 0.3 is 0 Å². The number of hydrogen-bond donors (Lipinski definition) is 1. The second-order valence-corrected chi connectivity index (χ2v) is 3.96. The molecule has 3 nitrogen and oxygen atoms in total. The fraction of sp³-hybridized carbons (Fsp3) is 0.100. The maximum atomic E-state index is 12.6. The summed E-state index contributed by atoms with van der Waals surface area (Å²) in [5.41, 5.74) is 6.52. The minimum absolute atomic E-state index is 0.216. The van der Waals surface area contributed by atoms with Crippen LogP contribution < -0.4 is 5.73 Å². The third-order valence-electron chi connectivity index (χ3n) is 1.86. The summed E-state index contributed by atoms with van der Waals surface area (Å²) in [6.45, 7) is 0. The van der Waals surface area contributed by atoms with Crippen molar-refractivity contribution in [2.24, 2.45) is 0 Å². The van der Waals surface area contributed by atoms with Gasteiger partial charge < -0.3 is 5.73 Å². The van der Waals surface area contributed by atoms with Crippen LogP contribution in [-0.2, 0) is 5.75 Å². The normalized spacial score (nSPS) is 10.5. The molecule has 2 aromatic rings. The van der Waals surface area contributed by atoms with Crippen LogP contribution in [0.15, 0.2) is 36.5 Å². The van der Waals surface area contributed by atoms with Crippen LogP contribution in [0.5, 0.6) is 0 Å². The quantitative estimate of drug-likeness (QED) is 0.868. The first kappa shape index (κ1) is 10.0. The number of benzene rings is 1. The molecule has 0 bridgehead atoms. The first-order chi connectivity index (χ1) is 7.24. The molecule has 1 heterocycles. The number of anilines is 1. The molecule has 78 valence electrons. The second kappa shape index (κ2) is 4.35. The average Bonchev–Trinajstić information content (AvgIpc) is 2.64. The lowest BCUT2D eigenvalue weighted by molar-refractivity contribution is 0.627. The zero-order valence-corrected chi connectivity index (χ0v) is 8.75. The van der Waals surface area contributed by atoms with Gasteiger partial charge in [-0.25, -0.2) is 8.48 Å². The minimum atomic E-state index is -0.216. The van der Waals surface area contributed by atoms with Gasteiger partial charge in [0.25, 0.3) is 0 Å². The Morgan fingerprint density at radius 1 is 1.27 bits per heavy atom. The van der Waals surface area contributed by atoms with E-state index in [2.05, 4.69) is 5.10 Å². The summed E-state index contributed by atoms with van der Waals surface area (Å²) < 4.78 is 14.3. The lowest BCUT2D eigenvalue weighted by atomic mass is 10.2. The van der Waals surface area contributed by atoms with Crippen LogP contribution in [0.4, 0.5) is 10.2 Å². The van der Waals surface area contributed by atoms with Crippen molar-refractivity contribution in [1.82, 2.24) is 9.19 Å². The number of hydrogen-bond acceptors (Lipinski definition) is 3. The molecule has 0 amide bonds. The van der Waals surface area contributed by atoms with Crippen LogP contribution in [0.3, 0.4) is 0 Å². The standard InChI is InChI=1S/C10H10FN3S/c11-9-3-1-8(2-4-9)7-15-14-6-5-10(12)13-14/h1-6H,7H2,(H2,12,13). The molecule has 0 radical (unpaired) electrons. The number of aromatic nitrogens is 2. The van der Waals surface area contributed by atoms with Crippen molar-refractivity contribution < 1.29 is 4.39 Å². The van der Waals surface area contributed by atoms with Gasteiger partial charge in [-0.15, -0.1) is 5.10 Å². The number of halogens is 1. The molecule has 1 aromatic carbocycles. The van der Waals surface area contributed by atoms with Crippen LogP contribution in [0.2, 0.25) is 0 Å². The van der Waals surface area contributed by atoms with E-state index in [4.69, 9.17) is 5.73 Å². The molecule has 2 N–H and O–H groups in total. The fourth-order valence-electron chi connectivity index (χ4n) is 1.11. The first-order valence-corrected chi connectivity index (χ1v) is 5.37. The highest BCUT2D eigenvalue weighted by molar-refractivity contribution is 7.96. The average molecular weight is 223 g/mol. The van der Waals surface area contributed by atoms with E-state index in [1.165, 1.54) is 24.1 Å². The van der Waals surface area contributed by atoms with E-state index in [1.54, 1.807) is 28.5 Å². The molecule has 0 aliphatic heterocycles. The third-order valence-corrected chi connectivity index (χ3v) is 2.79. The Hall–Kier alpha value is -1.49. The summed E-state index contributed by atoms with van der Waals surface area (Å²) in [7, 11) is 0. The van der Waals surface area contributed by atoms with E-state index in [1.807, 2.05) is 0 Å². The van der Waals surface area contributed by atoms with Gasteiger partial charge in [-0.05, 0) is 29.6 Å². The van der Waals surface area contributed by atoms with Gasteiger partial charge in [-0.3, -0.25) is 0 Å². The third kappa shape index (κ3) is 2.73. The molecule has 0 saturated heterocycles. The molecule has 0 spiro atoms. The van der Waals surface area contributed by atoms with E-state index in [-0.39, 0.29) is 5.82 Å². The number of rotatable bonds is 3. The molecule has 5 heteroatoms. The molecule has 0 aliphatic carbocycles. The van der Waals surface area contributed by atoms with E-state index in [9.17, 15) is 4.39 Å². The summed E-state index contributed by atoms with van der Waals surface area (Å²) in [4.78, 5) is 0. The summed E-state index contributed by atoms with van der Waals surface area (Å²) in [5, 5.41) is 4.03. The summed E-state index contributed by atoms with van der Waals surface area (Å²) >= 11 is 1.50. The smallest absolute Gasteiger partial charge is 0.146 e. The van der Waals surface area contributed by atoms with Crippen molar-refractivity contribution >= 4 is 17.8 Å². The first-order valence-electron chi connectivity index (χ1n) is 4.43. The Balaban J connectivity index is 1.96. The summed E-state index contributed by atoms with van der Waals surface area (Å²) in [6, 6.07) is 8.16. The Kier molecular flexibility index (Phi) is 2.91. The lowest BCUT2D eigenvalue weighted by Crippen LogP contribution is -1.92. The van der Waals surface area contributed by atoms with Gasteiger partial charge in [0.15, 0.2) is 0 Å². The molecule has 15 heavy (non-hydrogen) atoms. The van der Waals surface area contributed by atoms with Crippen molar-refractivity contribution in [3.05, 3.63) is 47.9 Å². The Labute approximate surface area is 91.2 Å². The molecule has 1 aromatic heterocycles. The Morgan fingerprint density at radius 3 is 2.60 bits per heavy atom. The Bertz CT molecular complexity index is 438. The fourth-order valence-corrected chi connectivity index (χ4v) is 1.89. The van der Waals surface area contributed by atoms with E-state index < -0.39 is 0 Å². The highest BCUT2D eigenvalue weighted by Gasteiger charge is 1.97. The molecule has 2 rings (SSSR count). The highest BCUT2D eigenvalue weighted by Crippen LogP contribution is 2.14. The largest absolute Gasteiger partial charge is 0.382 e. The van der Waals surface area contributed by atoms with Crippen LogP contribution in [-0.4, -0.2) is 9.19 Å². The second-order valence-electron chi connectivity index (χ2n) is 3.04. The predicted octanol–water partition coefficient (Wildman–Crippen LogP) is 2.30. The topological polar surface area (TPSA) is 43.8 Å². The van der Waals surface area contributed by atoms with Gasteiger partial charge in [0.2, 0.25) is 0 Å². The molecule has 0 saturated carbocycles. The van der Waals surface area contributed by atoms with Gasteiger partial charge in [-0.2, -0.15) is 0 Å². The van der Waals surface area contributed by atoms with Crippen LogP contribution in [0.1, 0.15) is 5.56 Å². The molecule has 0 aliphatic rings. The molecular formula is C10H10FN3S. The van der Waals surface area contributed by atoms with Gasteiger partial charge in [0.05, 0.1) is 0 Å². The van der Waals surface area contributed by atoms with Gasteiger partial charge in [0, 0.05) is 18.0 Å². The molecule has 0 atom stereocenters. The Morgan fingerprint density at radius 2 is 2.00 bits per heavy atom. The van der Waals surface area contributed by atoms with Crippen molar-refractivity contribution in [2.45, 2.75) is 5.75 Å². The van der Waals surface area contributed by atoms with Crippen molar-refractivity contribution in [3.8, 4) is 0 Å². The maximum Gasteiger partial charge on any atom is 0.146 e. The lowest BCUT2D eigenvalue weighted by Gasteiger charge is -2.00. The van der Waals surface area contributed by atoms with E-state index in [0.717, 1.165) is 11.3 Å². The van der Waals surface area contributed by atoms with Gasteiger partial charge in [-0.1, -0.05) is 12.1 Å². The molecule has 0 unspecified atom stereocenters. The predicted molar refractivity (Wildman–Crippen MR) is 59.7 cm³/mol. The highest BCUT2D eigenvalue weighted by atomic mass is 32.2. The number of nitrogens with two attached hydrogens (primary N) is 1. The van der Waals surface area contributed by atoms with Crippen molar-refractivity contribution in [1.29, 1.82) is 0 Å². The van der Waals surface area contributed by atoms with Crippen LogP contribution >= 0.6 is 11.9 Å². The van der Waals surface area contributed by atoms with Crippen LogP contribution in [0.25, 0.3) is 0 Å². The molecular weight excluding hydrogens is 213 g/mol. The SMILES string of the molecule is Nc1ccn(SCc2ccc(F)cc2)n1. The van der Waals surface area contributed by atoms with Gasteiger partial charge in [0.1, 0.15) is 11.6 Å². The zero-order chi connectivity index (χ0) is 10.7. The summed E-state index contributed by atoms with van der Waals surface area (Å²) in [5.74, 6) is 1.02. The van der Waals surface area contributed by atoms with E-state index in [0.29, 0.717) is 5.82 Å². The number of nitrogen functional groups attached to an aromatic ring is 1. The minimum Gasteiger partial charge on any atom is -0.382 e. The van der Waals surface area contributed by atoms with Crippen molar-refractivity contribution in [2.75, 3.05) is 5.73 Å². The monoisotopic (exact) mass is 223 g/mol. The van der Waals surface area contributed by atoms with Crippen molar-refractivity contribution in [3.63, 3.8) is 0 Å².